The lowest BCUT2D eigenvalue weighted by molar-refractivity contribution is -0.132. The van der Waals surface area contributed by atoms with Gasteiger partial charge in [0.05, 0.1) is 12.1 Å². The van der Waals surface area contributed by atoms with Crippen molar-refractivity contribution in [3.63, 3.8) is 0 Å². The number of halogens is 2. The van der Waals surface area contributed by atoms with Gasteiger partial charge >= 0.3 is 0 Å². The Morgan fingerprint density at radius 1 is 1.10 bits per heavy atom. The molecule has 0 fully saturated rings. The number of ether oxygens (including phenoxy) is 2. The molecule has 0 saturated heterocycles. The Morgan fingerprint density at radius 2 is 1.73 bits per heavy atom. The molecule has 0 radical (unpaired) electrons. The molecule has 1 unspecified atom stereocenters. The average Bonchev–Trinajstić information content (AvgIpc) is 2.73. The zero-order chi connectivity index (χ0) is 22.3. The maximum absolute atomic E-state index is 14.0. The highest BCUT2D eigenvalue weighted by Crippen LogP contribution is 2.30. The van der Waals surface area contributed by atoms with Gasteiger partial charge in [0.15, 0.2) is 17.7 Å². The van der Waals surface area contributed by atoms with Crippen LogP contribution in [0.3, 0.4) is 0 Å². The van der Waals surface area contributed by atoms with Gasteiger partial charge in [-0.25, -0.2) is 8.78 Å². The summed E-state index contributed by atoms with van der Waals surface area (Å²) in [4.78, 5) is 15.1. The van der Waals surface area contributed by atoms with Crippen LogP contribution in [0.4, 0.5) is 14.5 Å². The molecule has 30 heavy (non-hydrogen) atoms. The standard InChI is InChI=1S/C23H30F2N2O3/c1-6-23(7-2,16-8-11-18(12-9-16)27(3)4)26-22(28)21(15-29-5)30-20-13-10-17(24)14-19(20)25/h8-14,21H,6-7,15H2,1-5H3,(H,26,28). The normalized spacial score (nSPS) is 12.4. The van der Waals surface area contributed by atoms with Crippen molar-refractivity contribution >= 4 is 11.6 Å². The maximum atomic E-state index is 14.0. The minimum absolute atomic E-state index is 0.0777. The summed E-state index contributed by atoms with van der Waals surface area (Å²) in [7, 11) is 5.35. The molecule has 164 valence electrons. The summed E-state index contributed by atoms with van der Waals surface area (Å²) in [6.07, 6.45) is 0.218. The van der Waals surface area contributed by atoms with Gasteiger partial charge in [0.1, 0.15) is 5.82 Å². The molecular weight excluding hydrogens is 390 g/mol. The number of hydrogen-bond acceptors (Lipinski definition) is 4. The zero-order valence-electron chi connectivity index (χ0n) is 18.2. The quantitative estimate of drug-likeness (QED) is 0.624. The van der Waals surface area contributed by atoms with E-state index in [0.717, 1.165) is 23.4 Å². The van der Waals surface area contributed by atoms with Gasteiger partial charge < -0.3 is 19.7 Å². The first-order valence-electron chi connectivity index (χ1n) is 9.96. The number of carbonyl (C=O) groups excluding carboxylic acids is 1. The van der Waals surface area contributed by atoms with Crippen LogP contribution in [-0.2, 0) is 15.1 Å². The number of amides is 1. The zero-order valence-corrected chi connectivity index (χ0v) is 18.2. The number of nitrogens with zero attached hydrogens (tertiary/aromatic N) is 1. The molecule has 0 aromatic heterocycles. The van der Waals surface area contributed by atoms with E-state index in [0.29, 0.717) is 18.9 Å². The lowest BCUT2D eigenvalue weighted by atomic mass is 9.84. The van der Waals surface area contributed by atoms with Gasteiger partial charge in [0.2, 0.25) is 0 Å². The van der Waals surface area contributed by atoms with Crippen LogP contribution in [0.2, 0.25) is 0 Å². The molecule has 2 aromatic rings. The summed E-state index contributed by atoms with van der Waals surface area (Å²) in [5.74, 6) is -2.23. The fourth-order valence-electron chi connectivity index (χ4n) is 3.34. The smallest absolute Gasteiger partial charge is 0.264 e. The predicted octanol–water partition coefficient (Wildman–Crippen LogP) is 4.26. The minimum atomic E-state index is -1.09. The predicted molar refractivity (Wildman–Crippen MR) is 114 cm³/mol. The van der Waals surface area contributed by atoms with Crippen LogP contribution < -0.4 is 15.0 Å². The van der Waals surface area contributed by atoms with Crippen LogP contribution in [0, 0.1) is 11.6 Å². The molecular formula is C23H30F2N2O3. The van der Waals surface area contributed by atoms with E-state index < -0.39 is 29.2 Å². The van der Waals surface area contributed by atoms with Gasteiger partial charge in [-0.3, -0.25) is 4.79 Å². The first kappa shape index (κ1) is 23.6. The number of rotatable bonds is 10. The first-order valence-corrected chi connectivity index (χ1v) is 9.96. The molecule has 2 aromatic carbocycles. The first-order chi connectivity index (χ1) is 14.3. The summed E-state index contributed by atoms with van der Waals surface area (Å²) in [5, 5.41) is 3.08. The van der Waals surface area contributed by atoms with Crippen molar-refractivity contribution in [3.05, 3.63) is 59.7 Å². The molecule has 1 amide bonds. The topological polar surface area (TPSA) is 50.8 Å². The molecule has 0 aliphatic carbocycles. The van der Waals surface area contributed by atoms with Gasteiger partial charge in [0.25, 0.3) is 5.91 Å². The van der Waals surface area contributed by atoms with E-state index in [4.69, 9.17) is 9.47 Å². The molecule has 2 rings (SSSR count). The van der Waals surface area contributed by atoms with E-state index in [1.54, 1.807) is 0 Å². The molecule has 5 nitrogen and oxygen atoms in total. The number of methoxy groups -OCH3 is 1. The number of benzene rings is 2. The highest BCUT2D eigenvalue weighted by Gasteiger charge is 2.34. The van der Waals surface area contributed by atoms with Crippen LogP contribution in [0.1, 0.15) is 32.3 Å². The highest BCUT2D eigenvalue weighted by atomic mass is 19.1. The maximum Gasteiger partial charge on any atom is 0.264 e. The van der Waals surface area contributed by atoms with Gasteiger partial charge in [-0.15, -0.1) is 0 Å². The lowest BCUT2D eigenvalue weighted by Gasteiger charge is -2.35. The molecule has 0 bridgehead atoms. The van der Waals surface area contributed by atoms with Crippen molar-refractivity contribution in [3.8, 4) is 5.75 Å². The highest BCUT2D eigenvalue weighted by molar-refractivity contribution is 5.82. The van der Waals surface area contributed by atoms with Crippen molar-refractivity contribution in [1.29, 1.82) is 0 Å². The number of hydrogen-bond donors (Lipinski definition) is 1. The van der Waals surface area contributed by atoms with Crippen LogP contribution in [0.15, 0.2) is 42.5 Å². The summed E-state index contributed by atoms with van der Waals surface area (Å²) < 4.78 is 37.8. The van der Waals surface area contributed by atoms with Gasteiger partial charge in [0, 0.05) is 33.0 Å². The Labute approximate surface area is 177 Å². The Bertz CT molecular complexity index is 837. The van der Waals surface area contributed by atoms with E-state index in [1.165, 1.54) is 7.11 Å². The lowest BCUT2D eigenvalue weighted by Crippen LogP contribution is -2.51. The monoisotopic (exact) mass is 420 g/mol. The fraction of sp³-hybridized carbons (Fsp3) is 0.435. The molecule has 0 aliphatic rings. The Hall–Kier alpha value is -2.67. The van der Waals surface area contributed by atoms with Crippen LogP contribution in [0.5, 0.6) is 5.75 Å². The SMILES string of the molecule is CCC(CC)(NC(=O)C(COC)Oc1ccc(F)cc1F)c1ccc(N(C)C)cc1. The summed E-state index contributed by atoms with van der Waals surface area (Å²) in [6.45, 7) is 3.91. The van der Waals surface area contributed by atoms with E-state index in [9.17, 15) is 13.6 Å². The van der Waals surface area contributed by atoms with Crippen molar-refractivity contribution in [2.24, 2.45) is 0 Å². The molecule has 0 saturated carbocycles. The van der Waals surface area contributed by atoms with Crippen molar-refractivity contribution in [1.82, 2.24) is 5.32 Å². The van der Waals surface area contributed by atoms with Gasteiger partial charge in [-0.05, 0) is 42.7 Å². The molecule has 0 aliphatic heterocycles. The van der Waals surface area contributed by atoms with E-state index >= 15 is 0 Å². The number of nitrogens with one attached hydrogen (secondary N) is 1. The Balaban J connectivity index is 2.27. The number of carbonyl (C=O) groups is 1. The van der Waals surface area contributed by atoms with E-state index in [1.807, 2.05) is 57.1 Å². The van der Waals surface area contributed by atoms with E-state index in [-0.39, 0.29) is 12.4 Å². The summed E-state index contributed by atoms with van der Waals surface area (Å²) in [5.41, 5.74) is 1.41. The molecule has 1 N–H and O–H groups in total. The largest absolute Gasteiger partial charge is 0.475 e. The van der Waals surface area contributed by atoms with Gasteiger partial charge in [-0.1, -0.05) is 26.0 Å². The third-order valence-electron chi connectivity index (χ3n) is 5.28. The molecule has 7 heteroatoms. The van der Waals surface area contributed by atoms with Crippen LogP contribution in [-0.4, -0.2) is 39.8 Å². The second-order valence-corrected chi connectivity index (χ2v) is 7.36. The second kappa shape index (κ2) is 10.4. The van der Waals surface area contributed by atoms with Crippen molar-refractivity contribution in [2.45, 2.75) is 38.3 Å². The third kappa shape index (κ3) is 5.48. The van der Waals surface area contributed by atoms with Crippen LogP contribution in [0.25, 0.3) is 0 Å². The fourth-order valence-corrected chi connectivity index (χ4v) is 3.34. The van der Waals surface area contributed by atoms with Crippen LogP contribution >= 0.6 is 0 Å². The minimum Gasteiger partial charge on any atom is -0.475 e. The molecule has 1 atom stereocenters. The summed E-state index contributed by atoms with van der Waals surface area (Å²) in [6, 6.07) is 10.9. The molecule has 0 heterocycles. The Kier molecular flexibility index (Phi) is 8.17. The average molecular weight is 421 g/mol. The van der Waals surface area contributed by atoms with E-state index in [2.05, 4.69) is 5.32 Å². The second-order valence-electron chi connectivity index (χ2n) is 7.36. The number of anilines is 1. The Morgan fingerprint density at radius 3 is 2.23 bits per heavy atom. The van der Waals surface area contributed by atoms with Crippen molar-refractivity contribution < 1.29 is 23.0 Å². The summed E-state index contributed by atoms with van der Waals surface area (Å²) >= 11 is 0. The van der Waals surface area contributed by atoms with Crippen molar-refractivity contribution in [2.75, 3.05) is 32.7 Å². The van der Waals surface area contributed by atoms with Gasteiger partial charge in [-0.2, -0.15) is 0 Å². The third-order valence-corrected chi connectivity index (χ3v) is 5.28. The molecule has 0 spiro atoms.